The maximum Gasteiger partial charge on any atom is 0.0490 e. The number of rotatable bonds is 3. The summed E-state index contributed by atoms with van der Waals surface area (Å²) in [4.78, 5) is 2.58. The number of fused-ring (bicyclic) bond motifs is 2. The van der Waals surface area contributed by atoms with Gasteiger partial charge < -0.3 is 10.2 Å². The van der Waals surface area contributed by atoms with E-state index in [0.717, 1.165) is 12.5 Å². The van der Waals surface area contributed by atoms with Crippen LogP contribution in [-0.2, 0) is 6.54 Å². The molecule has 0 saturated carbocycles. The van der Waals surface area contributed by atoms with Gasteiger partial charge in [0.15, 0.2) is 0 Å². The number of hydrogen-bond donors (Lipinski definition) is 2. The van der Waals surface area contributed by atoms with Crippen LogP contribution in [0.2, 0.25) is 0 Å². The Labute approximate surface area is 90.0 Å². The molecule has 2 saturated heterocycles. The van der Waals surface area contributed by atoms with Crippen molar-refractivity contribution in [2.45, 2.75) is 25.4 Å². The van der Waals surface area contributed by atoms with Crippen molar-refractivity contribution in [1.29, 1.82) is 0 Å². The van der Waals surface area contributed by atoms with E-state index in [1.54, 1.807) is 0 Å². The minimum absolute atomic E-state index is 0.715. The molecule has 0 radical (unpaired) electrons. The molecule has 2 aliphatic heterocycles. The van der Waals surface area contributed by atoms with Gasteiger partial charge in [0, 0.05) is 31.0 Å². The van der Waals surface area contributed by atoms with Crippen molar-refractivity contribution in [1.82, 2.24) is 20.4 Å². The van der Waals surface area contributed by atoms with Crippen molar-refractivity contribution in [3.63, 3.8) is 0 Å². The Morgan fingerprint density at radius 3 is 3.27 bits per heavy atom. The van der Waals surface area contributed by atoms with Gasteiger partial charge >= 0.3 is 0 Å². The first-order valence-electron chi connectivity index (χ1n) is 5.86. The van der Waals surface area contributed by atoms with Gasteiger partial charge in [-0.05, 0) is 37.9 Å². The lowest BCUT2D eigenvalue weighted by molar-refractivity contribution is 0.220. The summed E-state index contributed by atoms with van der Waals surface area (Å²) >= 11 is 0. The third-order valence-electron chi connectivity index (χ3n) is 3.75. The van der Waals surface area contributed by atoms with Crippen LogP contribution in [0.4, 0.5) is 0 Å². The third-order valence-corrected chi connectivity index (χ3v) is 3.75. The molecular formula is C11H18N4. The molecule has 0 spiro atoms. The van der Waals surface area contributed by atoms with Crippen molar-refractivity contribution in [2.24, 2.45) is 5.92 Å². The molecular weight excluding hydrogens is 188 g/mol. The molecule has 3 heterocycles. The van der Waals surface area contributed by atoms with Crippen LogP contribution in [0.25, 0.3) is 0 Å². The normalized spacial score (nSPS) is 34.5. The molecule has 4 heteroatoms. The van der Waals surface area contributed by atoms with E-state index in [1.165, 1.54) is 38.2 Å². The molecule has 2 N–H and O–H groups in total. The molecule has 82 valence electrons. The van der Waals surface area contributed by atoms with Crippen LogP contribution >= 0.6 is 0 Å². The Hall–Kier alpha value is -0.870. The monoisotopic (exact) mass is 206 g/mol. The van der Waals surface area contributed by atoms with Gasteiger partial charge in [0.2, 0.25) is 0 Å². The van der Waals surface area contributed by atoms with E-state index in [4.69, 9.17) is 0 Å². The number of piperidine rings is 1. The van der Waals surface area contributed by atoms with Crippen molar-refractivity contribution >= 4 is 0 Å². The summed E-state index contributed by atoms with van der Waals surface area (Å²) in [5, 5.41) is 10.6. The predicted octanol–water partition coefficient (Wildman–Crippen LogP) is 0.593. The van der Waals surface area contributed by atoms with Crippen LogP contribution in [-0.4, -0.2) is 40.8 Å². The lowest BCUT2D eigenvalue weighted by Gasteiger charge is -2.30. The van der Waals surface area contributed by atoms with Gasteiger partial charge in [0.05, 0.1) is 0 Å². The fourth-order valence-electron chi connectivity index (χ4n) is 2.84. The fraction of sp³-hybridized carbons (Fsp3) is 0.727. The first-order valence-corrected chi connectivity index (χ1v) is 5.86. The first kappa shape index (κ1) is 9.36. The second-order valence-electron chi connectivity index (χ2n) is 4.71. The summed E-state index contributed by atoms with van der Waals surface area (Å²) in [5.74, 6) is 0.877. The quantitative estimate of drug-likeness (QED) is 0.761. The molecule has 3 atom stereocenters. The van der Waals surface area contributed by atoms with Crippen LogP contribution in [0.15, 0.2) is 12.3 Å². The van der Waals surface area contributed by atoms with Crippen LogP contribution in [0.1, 0.15) is 18.5 Å². The Morgan fingerprint density at radius 1 is 1.47 bits per heavy atom. The van der Waals surface area contributed by atoms with Gasteiger partial charge in [0.25, 0.3) is 0 Å². The zero-order valence-electron chi connectivity index (χ0n) is 8.95. The van der Waals surface area contributed by atoms with E-state index in [2.05, 4.69) is 20.4 Å². The van der Waals surface area contributed by atoms with Crippen LogP contribution < -0.4 is 5.32 Å². The molecule has 4 nitrogen and oxygen atoms in total. The molecule has 2 bridgehead atoms. The van der Waals surface area contributed by atoms with E-state index < -0.39 is 0 Å². The molecule has 3 rings (SSSR count). The summed E-state index contributed by atoms with van der Waals surface area (Å²) in [5.41, 5.74) is 1.19. The molecule has 3 unspecified atom stereocenters. The molecule has 2 aliphatic rings. The van der Waals surface area contributed by atoms with Crippen molar-refractivity contribution in [3.8, 4) is 0 Å². The standard InChI is InChI=1S/C11H18N4/c1-4-13-14-10(1)7-12-11-3-6-15-5-2-9(11)8-15/h1,4,9,11-12H,2-3,5-8H2,(H,13,14). The highest BCUT2D eigenvalue weighted by molar-refractivity contribution is 4.98. The zero-order valence-corrected chi connectivity index (χ0v) is 8.95. The van der Waals surface area contributed by atoms with Gasteiger partial charge in [-0.25, -0.2) is 0 Å². The van der Waals surface area contributed by atoms with Gasteiger partial charge in [0.1, 0.15) is 0 Å². The summed E-state index contributed by atoms with van der Waals surface area (Å²) in [6.07, 6.45) is 4.49. The van der Waals surface area contributed by atoms with Crippen LogP contribution in [0.5, 0.6) is 0 Å². The molecule has 1 aromatic heterocycles. The second-order valence-corrected chi connectivity index (χ2v) is 4.71. The number of nitrogens with one attached hydrogen (secondary N) is 2. The number of H-pyrrole nitrogens is 1. The van der Waals surface area contributed by atoms with Gasteiger partial charge in [-0.15, -0.1) is 0 Å². The lowest BCUT2D eigenvalue weighted by atomic mass is 9.94. The molecule has 1 aromatic rings. The smallest absolute Gasteiger partial charge is 0.0490 e. The van der Waals surface area contributed by atoms with E-state index in [-0.39, 0.29) is 0 Å². The van der Waals surface area contributed by atoms with Crippen molar-refractivity contribution in [3.05, 3.63) is 18.0 Å². The molecule has 0 aliphatic carbocycles. The largest absolute Gasteiger partial charge is 0.308 e. The maximum atomic E-state index is 3.96. The third kappa shape index (κ3) is 1.92. The van der Waals surface area contributed by atoms with Crippen molar-refractivity contribution < 1.29 is 0 Å². The maximum absolute atomic E-state index is 3.96. The zero-order chi connectivity index (χ0) is 10.1. The molecule has 0 aromatic carbocycles. The highest BCUT2D eigenvalue weighted by Gasteiger charge is 2.33. The molecule has 15 heavy (non-hydrogen) atoms. The summed E-state index contributed by atoms with van der Waals surface area (Å²) in [6, 6.07) is 2.75. The Kier molecular flexibility index (Phi) is 2.46. The Balaban J connectivity index is 1.55. The average Bonchev–Trinajstić information content (AvgIpc) is 2.88. The van der Waals surface area contributed by atoms with Gasteiger partial charge in [-0.1, -0.05) is 0 Å². The first-order chi connectivity index (χ1) is 7.42. The number of nitrogens with zero attached hydrogens (tertiary/aromatic N) is 2. The Morgan fingerprint density at radius 2 is 2.40 bits per heavy atom. The van der Waals surface area contributed by atoms with Crippen LogP contribution in [0, 0.1) is 5.92 Å². The predicted molar refractivity (Wildman–Crippen MR) is 58.4 cm³/mol. The van der Waals surface area contributed by atoms with E-state index in [1.807, 2.05) is 12.3 Å². The Bertz CT molecular complexity index is 308. The minimum Gasteiger partial charge on any atom is -0.308 e. The number of aromatic amines is 1. The summed E-state index contributed by atoms with van der Waals surface area (Å²) in [7, 11) is 0. The molecule has 2 fully saturated rings. The fourth-order valence-corrected chi connectivity index (χ4v) is 2.84. The van der Waals surface area contributed by atoms with Gasteiger partial charge in [-0.3, -0.25) is 5.10 Å². The lowest BCUT2D eigenvalue weighted by Crippen LogP contribution is -2.43. The summed E-state index contributed by atoms with van der Waals surface area (Å²) in [6.45, 7) is 4.83. The molecule has 0 amide bonds. The van der Waals surface area contributed by atoms with E-state index in [0.29, 0.717) is 6.04 Å². The minimum atomic E-state index is 0.715. The topological polar surface area (TPSA) is 44.0 Å². The van der Waals surface area contributed by atoms with Crippen LogP contribution in [0.3, 0.4) is 0 Å². The van der Waals surface area contributed by atoms with E-state index >= 15 is 0 Å². The number of aromatic nitrogens is 2. The SMILES string of the molecule is c1cc(CNC2CCN3CCC2C3)[nH]n1. The second kappa shape index (κ2) is 3.94. The summed E-state index contributed by atoms with van der Waals surface area (Å²) < 4.78 is 0. The average molecular weight is 206 g/mol. The van der Waals surface area contributed by atoms with Gasteiger partial charge in [-0.2, -0.15) is 5.10 Å². The number of hydrogen-bond acceptors (Lipinski definition) is 3. The van der Waals surface area contributed by atoms with E-state index in [9.17, 15) is 0 Å². The highest BCUT2D eigenvalue weighted by atomic mass is 15.2. The highest BCUT2D eigenvalue weighted by Crippen LogP contribution is 2.27. The van der Waals surface area contributed by atoms with Crippen molar-refractivity contribution in [2.75, 3.05) is 19.6 Å².